The van der Waals surface area contributed by atoms with E-state index in [0.29, 0.717) is 28.2 Å². The number of fused-ring (bicyclic) bond motifs is 1. The van der Waals surface area contributed by atoms with Gasteiger partial charge in [0.2, 0.25) is 5.91 Å². The molecule has 4 aromatic rings. The van der Waals surface area contributed by atoms with Crippen molar-refractivity contribution < 1.29 is 14.3 Å². The predicted octanol–water partition coefficient (Wildman–Crippen LogP) is 4.24. The van der Waals surface area contributed by atoms with Crippen molar-refractivity contribution in [2.45, 2.75) is 6.92 Å². The van der Waals surface area contributed by atoms with Crippen molar-refractivity contribution in [1.82, 2.24) is 9.55 Å². The third-order valence-electron chi connectivity index (χ3n) is 4.61. The molecule has 0 aliphatic carbocycles. The van der Waals surface area contributed by atoms with E-state index >= 15 is 0 Å². The number of benzene rings is 3. The lowest BCUT2D eigenvalue weighted by Gasteiger charge is -2.12. The molecule has 150 valence electrons. The highest BCUT2D eigenvalue weighted by Gasteiger charge is 2.13. The number of ether oxygens (including phenoxy) is 1. The number of carbonyl (C=O) groups is 2. The van der Waals surface area contributed by atoms with E-state index in [1.807, 2.05) is 41.0 Å². The molecule has 0 aliphatic rings. The Hall–Kier alpha value is -4.13. The molecule has 7 nitrogen and oxygen atoms in total. The van der Waals surface area contributed by atoms with Gasteiger partial charge in [-0.1, -0.05) is 18.2 Å². The lowest BCUT2D eigenvalue weighted by molar-refractivity contribution is -0.114. The van der Waals surface area contributed by atoms with Crippen LogP contribution >= 0.6 is 0 Å². The standard InChI is InChI=1S/C23H20N4O3/c1-15(28)25-17-9-11-22(30-2)20(13-17)26-23(29)16-8-10-21-19(12-16)24-14-27(21)18-6-4-3-5-7-18/h3-14H,1-2H3,(H,25,28)(H,26,29). The first-order chi connectivity index (χ1) is 14.5. The summed E-state index contributed by atoms with van der Waals surface area (Å²) in [5.41, 5.74) is 4.11. The molecule has 3 aromatic carbocycles. The van der Waals surface area contributed by atoms with Crippen LogP contribution in [-0.4, -0.2) is 28.5 Å². The molecular weight excluding hydrogens is 380 g/mol. The predicted molar refractivity (Wildman–Crippen MR) is 116 cm³/mol. The molecular formula is C23H20N4O3. The minimum Gasteiger partial charge on any atom is -0.495 e. The minimum atomic E-state index is -0.301. The SMILES string of the molecule is COc1ccc(NC(C)=O)cc1NC(=O)c1ccc2c(c1)ncn2-c1ccccc1. The van der Waals surface area contributed by atoms with Crippen LogP contribution in [0.3, 0.4) is 0 Å². The van der Waals surface area contributed by atoms with Gasteiger partial charge in [-0.05, 0) is 48.5 Å². The number of hydrogen-bond donors (Lipinski definition) is 2. The van der Waals surface area contributed by atoms with Gasteiger partial charge in [0.25, 0.3) is 5.91 Å². The monoisotopic (exact) mass is 400 g/mol. The topological polar surface area (TPSA) is 85.2 Å². The van der Waals surface area contributed by atoms with Crippen molar-refractivity contribution in [1.29, 1.82) is 0 Å². The number of amides is 2. The molecule has 0 saturated carbocycles. The summed E-state index contributed by atoms with van der Waals surface area (Å²) in [6.07, 6.45) is 1.74. The number of nitrogens with zero attached hydrogens (tertiary/aromatic N) is 2. The summed E-state index contributed by atoms with van der Waals surface area (Å²) >= 11 is 0. The number of methoxy groups -OCH3 is 1. The molecule has 1 heterocycles. The van der Waals surface area contributed by atoms with E-state index in [1.165, 1.54) is 14.0 Å². The fraction of sp³-hybridized carbons (Fsp3) is 0.0870. The first-order valence-corrected chi connectivity index (χ1v) is 9.34. The van der Waals surface area contributed by atoms with Gasteiger partial charge in [0, 0.05) is 23.9 Å². The highest BCUT2D eigenvalue weighted by Crippen LogP contribution is 2.29. The van der Waals surface area contributed by atoms with E-state index in [2.05, 4.69) is 15.6 Å². The molecule has 0 fully saturated rings. The van der Waals surface area contributed by atoms with Crippen LogP contribution in [0.5, 0.6) is 5.75 Å². The van der Waals surface area contributed by atoms with Crippen LogP contribution in [0.2, 0.25) is 0 Å². The Morgan fingerprint density at radius 3 is 2.50 bits per heavy atom. The number of carbonyl (C=O) groups excluding carboxylic acids is 2. The van der Waals surface area contributed by atoms with Gasteiger partial charge < -0.3 is 15.4 Å². The van der Waals surface area contributed by atoms with Crippen LogP contribution < -0.4 is 15.4 Å². The average Bonchev–Trinajstić information content (AvgIpc) is 3.17. The van der Waals surface area contributed by atoms with E-state index in [1.54, 1.807) is 36.7 Å². The number of aromatic nitrogens is 2. The summed E-state index contributed by atoms with van der Waals surface area (Å²) in [4.78, 5) is 28.6. The third kappa shape index (κ3) is 3.86. The van der Waals surface area contributed by atoms with Gasteiger partial charge in [0.1, 0.15) is 12.1 Å². The largest absolute Gasteiger partial charge is 0.495 e. The van der Waals surface area contributed by atoms with E-state index in [9.17, 15) is 9.59 Å². The van der Waals surface area contributed by atoms with Crippen LogP contribution in [0.1, 0.15) is 17.3 Å². The molecule has 0 radical (unpaired) electrons. The molecule has 4 rings (SSSR count). The lowest BCUT2D eigenvalue weighted by Crippen LogP contribution is -2.13. The third-order valence-corrected chi connectivity index (χ3v) is 4.61. The van der Waals surface area contributed by atoms with Crippen LogP contribution in [0.15, 0.2) is 73.1 Å². The van der Waals surface area contributed by atoms with Crippen molar-refractivity contribution in [3.63, 3.8) is 0 Å². The first-order valence-electron chi connectivity index (χ1n) is 9.34. The number of nitrogens with one attached hydrogen (secondary N) is 2. The maximum absolute atomic E-state index is 12.8. The summed E-state index contributed by atoms with van der Waals surface area (Å²) in [7, 11) is 1.52. The van der Waals surface area contributed by atoms with Gasteiger partial charge in [-0.3, -0.25) is 14.2 Å². The highest BCUT2D eigenvalue weighted by atomic mass is 16.5. The van der Waals surface area contributed by atoms with Gasteiger partial charge in [-0.25, -0.2) is 4.98 Å². The van der Waals surface area contributed by atoms with Crippen LogP contribution in [0, 0.1) is 0 Å². The summed E-state index contributed by atoms with van der Waals surface area (Å²) in [5.74, 6) is -0.00628. The highest BCUT2D eigenvalue weighted by molar-refractivity contribution is 6.07. The van der Waals surface area contributed by atoms with Crippen molar-refractivity contribution in [3.8, 4) is 11.4 Å². The first kappa shape index (κ1) is 19.2. The lowest BCUT2D eigenvalue weighted by atomic mass is 10.1. The van der Waals surface area contributed by atoms with Crippen LogP contribution in [-0.2, 0) is 4.79 Å². The second kappa shape index (κ2) is 8.08. The Morgan fingerprint density at radius 1 is 0.967 bits per heavy atom. The Morgan fingerprint density at radius 2 is 1.77 bits per heavy atom. The maximum atomic E-state index is 12.8. The second-order valence-corrected chi connectivity index (χ2v) is 6.70. The van der Waals surface area contributed by atoms with Gasteiger partial charge in [0.05, 0.1) is 23.8 Å². The molecule has 0 aliphatic heterocycles. The zero-order valence-electron chi connectivity index (χ0n) is 16.5. The summed E-state index contributed by atoms with van der Waals surface area (Å²) in [6, 6.07) is 20.3. The van der Waals surface area contributed by atoms with Gasteiger partial charge in [-0.15, -0.1) is 0 Å². The number of imidazole rings is 1. The van der Waals surface area contributed by atoms with Crippen molar-refractivity contribution in [3.05, 3.63) is 78.6 Å². The molecule has 2 amide bonds. The quantitative estimate of drug-likeness (QED) is 0.525. The Kier molecular flexibility index (Phi) is 5.17. The number of anilines is 2. The average molecular weight is 400 g/mol. The molecule has 0 spiro atoms. The summed E-state index contributed by atoms with van der Waals surface area (Å²) in [6.45, 7) is 1.42. The fourth-order valence-electron chi connectivity index (χ4n) is 3.23. The molecule has 1 aromatic heterocycles. The minimum absolute atomic E-state index is 0.197. The number of hydrogen-bond acceptors (Lipinski definition) is 4. The molecule has 0 saturated heterocycles. The summed E-state index contributed by atoms with van der Waals surface area (Å²) in [5, 5.41) is 5.54. The smallest absolute Gasteiger partial charge is 0.255 e. The number of para-hydroxylation sites is 1. The van der Waals surface area contributed by atoms with Gasteiger partial charge >= 0.3 is 0 Å². The van der Waals surface area contributed by atoms with Gasteiger partial charge in [0.15, 0.2) is 0 Å². The van der Waals surface area contributed by atoms with Gasteiger partial charge in [-0.2, -0.15) is 0 Å². The normalized spacial score (nSPS) is 10.6. The Bertz CT molecular complexity index is 1230. The zero-order chi connectivity index (χ0) is 21.1. The van der Waals surface area contributed by atoms with Crippen LogP contribution in [0.25, 0.3) is 16.7 Å². The zero-order valence-corrected chi connectivity index (χ0v) is 16.5. The van der Waals surface area contributed by atoms with Crippen molar-refractivity contribution >= 4 is 34.2 Å². The molecule has 2 N–H and O–H groups in total. The van der Waals surface area contributed by atoms with E-state index < -0.39 is 0 Å². The Balaban J connectivity index is 1.62. The van der Waals surface area contributed by atoms with E-state index in [-0.39, 0.29) is 11.8 Å². The van der Waals surface area contributed by atoms with Crippen molar-refractivity contribution in [2.24, 2.45) is 0 Å². The maximum Gasteiger partial charge on any atom is 0.255 e. The van der Waals surface area contributed by atoms with Crippen molar-refractivity contribution in [2.75, 3.05) is 17.7 Å². The molecule has 7 heteroatoms. The molecule has 0 unspecified atom stereocenters. The molecule has 30 heavy (non-hydrogen) atoms. The van der Waals surface area contributed by atoms with Crippen LogP contribution in [0.4, 0.5) is 11.4 Å². The second-order valence-electron chi connectivity index (χ2n) is 6.70. The summed E-state index contributed by atoms with van der Waals surface area (Å²) < 4.78 is 7.29. The Labute approximate surface area is 173 Å². The molecule has 0 atom stereocenters. The van der Waals surface area contributed by atoms with E-state index in [0.717, 1.165) is 11.2 Å². The van der Waals surface area contributed by atoms with E-state index in [4.69, 9.17) is 4.74 Å². The molecule has 0 bridgehead atoms. The number of rotatable bonds is 5. The fourth-order valence-corrected chi connectivity index (χ4v) is 3.23.